The molecule has 0 aliphatic rings. The van der Waals surface area contributed by atoms with E-state index in [0.717, 1.165) is 0 Å². The first-order valence-electron chi connectivity index (χ1n) is 4.84. The second kappa shape index (κ2) is 6.85. The van der Waals surface area contributed by atoms with E-state index in [0.29, 0.717) is 19.0 Å². The fourth-order valence-corrected chi connectivity index (χ4v) is 3.55. The predicted octanol–water partition coefficient (Wildman–Crippen LogP) is 0.231. The minimum absolute atomic E-state index is 0.408. The van der Waals surface area contributed by atoms with E-state index < -0.39 is 11.1 Å². The van der Waals surface area contributed by atoms with Crippen LogP contribution in [0.3, 0.4) is 0 Å². The third-order valence-corrected chi connectivity index (χ3v) is 5.37. The number of rotatable bonds is 8. The van der Waals surface area contributed by atoms with Gasteiger partial charge in [0.25, 0.3) is 0 Å². The van der Waals surface area contributed by atoms with Crippen LogP contribution >= 0.6 is 0 Å². The van der Waals surface area contributed by atoms with Crippen LogP contribution in [0.1, 0.15) is 0 Å². The highest BCUT2D eigenvalue weighted by Crippen LogP contribution is 2.25. The summed E-state index contributed by atoms with van der Waals surface area (Å²) in [6, 6.07) is 0. The summed E-state index contributed by atoms with van der Waals surface area (Å²) in [5.74, 6) is 0. The van der Waals surface area contributed by atoms with Gasteiger partial charge in [-0.2, -0.15) is 0 Å². The molecule has 0 spiro atoms. The van der Waals surface area contributed by atoms with Crippen molar-refractivity contribution in [3.8, 4) is 0 Å². The van der Waals surface area contributed by atoms with Gasteiger partial charge in [0.1, 0.15) is 19.0 Å². The Bertz CT molecular complexity index is 161. The van der Waals surface area contributed by atoms with Crippen molar-refractivity contribution in [1.82, 2.24) is 4.90 Å². The van der Waals surface area contributed by atoms with Gasteiger partial charge >= 0.3 is 0 Å². The van der Waals surface area contributed by atoms with Gasteiger partial charge in [0.2, 0.25) is 11.1 Å². The van der Waals surface area contributed by atoms with Crippen molar-refractivity contribution in [3.63, 3.8) is 0 Å². The smallest absolute Gasteiger partial charge is 0.205 e. The number of methoxy groups -OCH3 is 4. The van der Waals surface area contributed by atoms with E-state index in [1.807, 2.05) is 25.0 Å². The Morgan fingerprint density at radius 2 is 1.00 bits per heavy atom. The molecule has 0 saturated carbocycles. The summed E-state index contributed by atoms with van der Waals surface area (Å²) >= 11 is 0. The van der Waals surface area contributed by atoms with Crippen molar-refractivity contribution >= 4 is 19.0 Å². The molecule has 0 aromatic carbocycles. The lowest BCUT2D eigenvalue weighted by atomic mass is 10.7. The van der Waals surface area contributed by atoms with Crippen LogP contribution in [-0.4, -0.2) is 70.5 Å². The van der Waals surface area contributed by atoms with Gasteiger partial charge in [0.05, 0.1) is 0 Å². The van der Waals surface area contributed by atoms with Crippen molar-refractivity contribution in [3.05, 3.63) is 0 Å². The largest absolute Gasteiger partial charge is 0.345 e. The molecule has 94 valence electrons. The number of nitrogens with zero attached hydrogens (tertiary/aromatic N) is 1. The molecule has 16 heavy (non-hydrogen) atoms. The van der Waals surface area contributed by atoms with E-state index in [4.69, 9.17) is 18.9 Å². The lowest BCUT2D eigenvalue weighted by Crippen LogP contribution is -2.66. The van der Waals surface area contributed by atoms with Gasteiger partial charge in [-0.25, -0.2) is 4.90 Å². The average Bonchev–Trinajstić information content (AvgIpc) is 2.35. The quantitative estimate of drug-likeness (QED) is 0.463. The lowest BCUT2D eigenvalue weighted by Gasteiger charge is -2.48. The Balaban J connectivity index is 5.16. The van der Waals surface area contributed by atoms with Gasteiger partial charge in [-0.1, -0.05) is 13.1 Å². The second-order valence-corrected chi connectivity index (χ2v) is 5.30. The number of hydrogen-bond donors (Lipinski definition) is 0. The molecule has 0 amide bonds. The molecule has 7 heteroatoms. The molecule has 5 nitrogen and oxygen atoms in total. The minimum Gasteiger partial charge on any atom is -0.345 e. The highest BCUT2D eigenvalue weighted by atomic mass is 28.2. The van der Waals surface area contributed by atoms with E-state index in [2.05, 4.69) is 0 Å². The van der Waals surface area contributed by atoms with E-state index in [1.54, 1.807) is 28.4 Å². The third-order valence-electron chi connectivity index (χ3n) is 2.62. The summed E-state index contributed by atoms with van der Waals surface area (Å²) in [6.07, 6.45) is 0. The van der Waals surface area contributed by atoms with Crippen molar-refractivity contribution in [2.75, 3.05) is 35.5 Å². The Morgan fingerprint density at radius 1 is 0.750 bits per heavy atom. The maximum Gasteiger partial charge on any atom is 0.205 e. The number of ether oxygens (including phenoxy) is 4. The first kappa shape index (κ1) is 16.2. The summed E-state index contributed by atoms with van der Waals surface area (Å²) in [5, 5.41) is 0. The lowest BCUT2D eigenvalue weighted by molar-refractivity contribution is -0.337. The maximum atomic E-state index is 5.47. The summed E-state index contributed by atoms with van der Waals surface area (Å²) in [4.78, 5) is 1.84. The molecule has 4 radical (unpaired) electrons. The molecule has 0 bridgehead atoms. The van der Waals surface area contributed by atoms with Crippen LogP contribution in [0, 0.1) is 0 Å². The molecule has 0 aliphatic heterocycles. The van der Waals surface area contributed by atoms with Crippen molar-refractivity contribution < 1.29 is 18.9 Å². The van der Waals surface area contributed by atoms with Crippen LogP contribution in [0.15, 0.2) is 0 Å². The molecule has 0 aromatic rings. The highest BCUT2D eigenvalue weighted by Gasteiger charge is 2.46. The highest BCUT2D eigenvalue weighted by molar-refractivity contribution is 6.39. The van der Waals surface area contributed by atoms with Crippen LogP contribution in [0.2, 0.25) is 13.1 Å². The zero-order valence-electron chi connectivity index (χ0n) is 11.1. The minimum atomic E-state index is -0.810. The Kier molecular flexibility index (Phi) is 6.95. The van der Waals surface area contributed by atoms with Gasteiger partial charge in [-0.15, -0.1) is 0 Å². The van der Waals surface area contributed by atoms with Crippen molar-refractivity contribution in [2.24, 2.45) is 0 Å². The first-order chi connectivity index (χ1) is 7.52. The molecular weight excluding hydrogens is 242 g/mol. The molecule has 0 heterocycles. The Morgan fingerprint density at radius 3 is 1.12 bits per heavy atom. The summed E-state index contributed by atoms with van der Waals surface area (Å²) in [7, 11) is 9.15. The maximum absolute atomic E-state index is 5.47. The van der Waals surface area contributed by atoms with Crippen LogP contribution in [0.4, 0.5) is 0 Å². The molecular formula is C9H21NO4Si2. The predicted molar refractivity (Wildman–Crippen MR) is 64.5 cm³/mol. The second-order valence-electron chi connectivity index (χ2n) is 3.04. The normalized spacial score (nSPS) is 13.5. The number of hydrogen-bond acceptors (Lipinski definition) is 5. The molecule has 0 rings (SSSR count). The molecule has 0 unspecified atom stereocenters. The van der Waals surface area contributed by atoms with Crippen LogP contribution < -0.4 is 0 Å². The first-order valence-corrected chi connectivity index (χ1v) is 7.84. The molecule has 0 N–H and O–H groups in total. The monoisotopic (exact) mass is 263 g/mol. The van der Waals surface area contributed by atoms with Gasteiger partial charge in [0, 0.05) is 28.4 Å². The van der Waals surface area contributed by atoms with E-state index in [9.17, 15) is 0 Å². The van der Waals surface area contributed by atoms with E-state index in [1.165, 1.54) is 0 Å². The molecule has 0 saturated heterocycles. The SMILES string of the molecule is COC(OC)([Si]C)N(C)C(OC)(OC)[Si]C. The summed E-state index contributed by atoms with van der Waals surface area (Å²) in [6.45, 7) is 4.02. The van der Waals surface area contributed by atoms with Crippen LogP contribution in [0.5, 0.6) is 0 Å². The fraction of sp³-hybridized carbons (Fsp3) is 1.00. The molecule has 0 fully saturated rings. The van der Waals surface area contributed by atoms with Gasteiger partial charge in [-0.05, 0) is 7.05 Å². The Hall–Kier alpha value is 0.234. The topological polar surface area (TPSA) is 40.2 Å². The zero-order valence-corrected chi connectivity index (χ0v) is 13.1. The van der Waals surface area contributed by atoms with E-state index >= 15 is 0 Å². The summed E-state index contributed by atoms with van der Waals surface area (Å²) in [5.41, 5.74) is -1.62. The van der Waals surface area contributed by atoms with Crippen LogP contribution in [0.25, 0.3) is 0 Å². The summed E-state index contributed by atoms with van der Waals surface area (Å²) < 4.78 is 21.9. The third kappa shape index (κ3) is 2.73. The fourth-order valence-electron chi connectivity index (χ4n) is 1.65. The van der Waals surface area contributed by atoms with E-state index in [-0.39, 0.29) is 0 Å². The standard InChI is InChI=1S/C9H21NO4Si2/c1-10(8(11-2,12-3)15-6)9(13-4,14-5)16-7/h1-7H3. The molecule has 0 atom stereocenters. The van der Waals surface area contributed by atoms with Crippen molar-refractivity contribution in [1.29, 1.82) is 0 Å². The molecule has 0 aliphatic carbocycles. The van der Waals surface area contributed by atoms with Gasteiger partial charge in [-0.3, -0.25) is 0 Å². The Labute approximate surface area is 103 Å². The van der Waals surface area contributed by atoms with Gasteiger partial charge in [0.15, 0.2) is 0 Å². The van der Waals surface area contributed by atoms with Gasteiger partial charge < -0.3 is 18.9 Å². The van der Waals surface area contributed by atoms with Crippen molar-refractivity contribution in [2.45, 2.75) is 24.2 Å². The zero-order chi connectivity index (χ0) is 12.8. The van der Waals surface area contributed by atoms with Crippen LogP contribution in [-0.2, 0) is 18.9 Å². The molecule has 0 aromatic heterocycles. The average molecular weight is 263 g/mol.